The standard InChI is InChI=1S/C22H31N5O/c1-3-23-22(26-15-21-9-4-5-10-24-21)25-14-19-7-6-8-20(13-19)17-27-11-12-28-18(2)16-27/h4-10,13,18H,3,11-12,14-17H2,1-2H3,(H2,23,25,26). The highest BCUT2D eigenvalue weighted by molar-refractivity contribution is 5.79. The van der Waals surface area contributed by atoms with E-state index in [1.807, 2.05) is 24.4 Å². The number of aromatic nitrogens is 1. The summed E-state index contributed by atoms with van der Waals surface area (Å²) in [6.45, 7) is 10.1. The Bertz CT molecular complexity index is 750. The van der Waals surface area contributed by atoms with E-state index in [-0.39, 0.29) is 0 Å². The summed E-state index contributed by atoms with van der Waals surface area (Å²) < 4.78 is 5.63. The normalized spacial score (nSPS) is 18.1. The van der Waals surface area contributed by atoms with E-state index in [2.05, 4.69) is 58.6 Å². The molecule has 6 heteroatoms. The van der Waals surface area contributed by atoms with Crippen molar-refractivity contribution in [2.45, 2.75) is 39.6 Å². The van der Waals surface area contributed by atoms with Crippen molar-refractivity contribution >= 4 is 5.96 Å². The number of aliphatic imine (C=N–C) groups is 1. The first kappa shape index (κ1) is 20.3. The summed E-state index contributed by atoms with van der Waals surface area (Å²) >= 11 is 0. The van der Waals surface area contributed by atoms with Crippen molar-refractivity contribution in [2.75, 3.05) is 26.2 Å². The van der Waals surface area contributed by atoms with E-state index in [0.29, 0.717) is 19.2 Å². The van der Waals surface area contributed by atoms with E-state index in [0.717, 1.165) is 44.4 Å². The zero-order valence-electron chi connectivity index (χ0n) is 16.9. The molecule has 1 aromatic carbocycles. The highest BCUT2D eigenvalue weighted by atomic mass is 16.5. The van der Waals surface area contributed by atoms with Crippen LogP contribution in [0.1, 0.15) is 30.7 Å². The second-order valence-electron chi connectivity index (χ2n) is 7.11. The first-order valence-corrected chi connectivity index (χ1v) is 10.1. The summed E-state index contributed by atoms with van der Waals surface area (Å²) in [7, 11) is 0. The van der Waals surface area contributed by atoms with Crippen molar-refractivity contribution < 1.29 is 4.74 Å². The molecule has 0 spiro atoms. The molecule has 1 saturated heterocycles. The van der Waals surface area contributed by atoms with Gasteiger partial charge in [-0.2, -0.15) is 0 Å². The van der Waals surface area contributed by atoms with Gasteiger partial charge in [0.1, 0.15) is 0 Å². The van der Waals surface area contributed by atoms with E-state index in [4.69, 9.17) is 9.73 Å². The summed E-state index contributed by atoms with van der Waals surface area (Å²) in [6, 6.07) is 14.6. The number of nitrogens with zero attached hydrogens (tertiary/aromatic N) is 3. The molecule has 1 fully saturated rings. The number of benzene rings is 1. The molecular formula is C22H31N5O. The van der Waals surface area contributed by atoms with Crippen LogP contribution in [0.25, 0.3) is 0 Å². The molecule has 1 aliphatic heterocycles. The fraction of sp³-hybridized carbons (Fsp3) is 0.455. The van der Waals surface area contributed by atoms with Crippen LogP contribution in [-0.2, 0) is 24.4 Å². The molecule has 28 heavy (non-hydrogen) atoms. The van der Waals surface area contributed by atoms with Crippen molar-refractivity contribution in [2.24, 2.45) is 4.99 Å². The van der Waals surface area contributed by atoms with Crippen molar-refractivity contribution in [3.05, 3.63) is 65.5 Å². The zero-order chi connectivity index (χ0) is 19.6. The van der Waals surface area contributed by atoms with Crippen LogP contribution in [0.5, 0.6) is 0 Å². The molecule has 6 nitrogen and oxygen atoms in total. The maximum atomic E-state index is 5.63. The quantitative estimate of drug-likeness (QED) is 0.570. The summed E-state index contributed by atoms with van der Waals surface area (Å²) in [5, 5.41) is 6.64. The van der Waals surface area contributed by atoms with E-state index < -0.39 is 0 Å². The van der Waals surface area contributed by atoms with Gasteiger partial charge in [-0.05, 0) is 37.1 Å². The second kappa shape index (κ2) is 10.8. The lowest BCUT2D eigenvalue weighted by Gasteiger charge is -2.31. The molecule has 2 aromatic rings. The average molecular weight is 382 g/mol. The summed E-state index contributed by atoms with van der Waals surface area (Å²) in [5.74, 6) is 0.806. The smallest absolute Gasteiger partial charge is 0.191 e. The minimum atomic E-state index is 0.314. The number of rotatable bonds is 7. The highest BCUT2D eigenvalue weighted by Gasteiger charge is 2.16. The van der Waals surface area contributed by atoms with Gasteiger partial charge in [0, 0.05) is 32.4 Å². The molecule has 0 bridgehead atoms. The molecule has 1 aliphatic rings. The Hall–Kier alpha value is -2.44. The fourth-order valence-corrected chi connectivity index (χ4v) is 3.31. The average Bonchev–Trinajstić information content (AvgIpc) is 2.71. The lowest BCUT2D eigenvalue weighted by molar-refractivity contribution is -0.0212. The number of hydrogen-bond acceptors (Lipinski definition) is 4. The Morgan fingerprint density at radius 1 is 1.21 bits per heavy atom. The number of nitrogens with one attached hydrogen (secondary N) is 2. The third kappa shape index (κ3) is 6.62. The van der Waals surface area contributed by atoms with Crippen molar-refractivity contribution in [1.82, 2.24) is 20.5 Å². The van der Waals surface area contributed by atoms with Gasteiger partial charge in [-0.15, -0.1) is 0 Å². The van der Waals surface area contributed by atoms with Gasteiger partial charge in [-0.25, -0.2) is 4.99 Å². The monoisotopic (exact) mass is 381 g/mol. The first-order chi connectivity index (χ1) is 13.7. The highest BCUT2D eigenvalue weighted by Crippen LogP contribution is 2.12. The van der Waals surface area contributed by atoms with Gasteiger partial charge < -0.3 is 15.4 Å². The van der Waals surface area contributed by atoms with E-state index >= 15 is 0 Å². The predicted octanol–water partition coefficient (Wildman–Crippen LogP) is 2.56. The van der Waals surface area contributed by atoms with Crippen molar-refractivity contribution in [3.63, 3.8) is 0 Å². The Kier molecular flexibility index (Phi) is 7.82. The van der Waals surface area contributed by atoms with E-state index in [9.17, 15) is 0 Å². The summed E-state index contributed by atoms with van der Waals surface area (Å²) in [5.41, 5.74) is 3.54. The third-order valence-corrected chi connectivity index (χ3v) is 4.65. The van der Waals surface area contributed by atoms with Gasteiger partial charge >= 0.3 is 0 Å². The predicted molar refractivity (Wildman–Crippen MR) is 113 cm³/mol. The maximum Gasteiger partial charge on any atom is 0.191 e. The van der Waals surface area contributed by atoms with E-state index in [1.165, 1.54) is 11.1 Å². The van der Waals surface area contributed by atoms with Crippen LogP contribution in [0.3, 0.4) is 0 Å². The minimum absolute atomic E-state index is 0.314. The van der Waals surface area contributed by atoms with Crippen molar-refractivity contribution in [3.8, 4) is 0 Å². The van der Waals surface area contributed by atoms with Gasteiger partial charge in [0.05, 0.1) is 31.5 Å². The maximum absolute atomic E-state index is 5.63. The number of morpholine rings is 1. The summed E-state index contributed by atoms with van der Waals surface area (Å²) in [6.07, 6.45) is 2.12. The Balaban J connectivity index is 1.57. The number of guanidine groups is 1. The molecule has 0 radical (unpaired) electrons. The van der Waals surface area contributed by atoms with Crippen molar-refractivity contribution in [1.29, 1.82) is 0 Å². The molecular weight excluding hydrogens is 350 g/mol. The first-order valence-electron chi connectivity index (χ1n) is 10.1. The van der Waals surface area contributed by atoms with Gasteiger partial charge in [0.2, 0.25) is 0 Å². The van der Waals surface area contributed by atoms with Crippen LogP contribution >= 0.6 is 0 Å². The molecule has 2 heterocycles. The van der Waals surface area contributed by atoms with Gasteiger partial charge in [-0.3, -0.25) is 9.88 Å². The van der Waals surface area contributed by atoms with Crippen LogP contribution in [0.15, 0.2) is 53.7 Å². The molecule has 0 aliphatic carbocycles. The van der Waals surface area contributed by atoms with Gasteiger partial charge in [0.25, 0.3) is 0 Å². The third-order valence-electron chi connectivity index (χ3n) is 4.65. The van der Waals surface area contributed by atoms with Crippen LogP contribution < -0.4 is 10.6 Å². The SMILES string of the molecule is CCNC(=NCc1cccc(CN2CCOC(C)C2)c1)NCc1ccccn1. The molecule has 0 saturated carbocycles. The van der Waals surface area contributed by atoms with Crippen LogP contribution in [0.4, 0.5) is 0 Å². The lowest BCUT2D eigenvalue weighted by atomic mass is 10.1. The lowest BCUT2D eigenvalue weighted by Crippen LogP contribution is -2.40. The number of pyridine rings is 1. The van der Waals surface area contributed by atoms with Gasteiger partial charge in [-0.1, -0.05) is 30.3 Å². The van der Waals surface area contributed by atoms with Gasteiger partial charge in [0.15, 0.2) is 5.96 Å². The summed E-state index contributed by atoms with van der Waals surface area (Å²) in [4.78, 5) is 11.5. The molecule has 1 unspecified atom stereocenters. The van der Waals surface area contributed by atoms with Crippen LogP contribution in [0, 0.1) is 0 Å². The fourth-order valence-electron chi connectivity index (χ4n) is 3.31. The molecule has 1 aromatic heterocycles. The second-order valence-corrected chi connectivity index (χ2v) is 7.11. The topological polar surface area (TPSA) is 61.8 Å². The molecule has 1 atom stereocenters. The minimum Gasteiger partial charge on any atom is -0.376 e. The molecule has 2 N–H and O–H groups in total. The Morgan fingerprint density at radius 3 is 2.89 bits per heavy atom. The van der Waals surface area contributed by atoms with E-state index in [1.54, 1.807) is 0 Å². The molecule has 0 amide bonds. The Morgan fingerprint density at radius 2 is 2.11 bits per heavy atom. The largest absolute Gasteiger partial charge is 0.376 e. The number of ether oxygens (including phenoxy) is 1. The van der Waals surface area contributed by atoms with Crippen LogP contribution in [-0.4, -0.2) is 48.2 Å². The Labute approximate surface area is 168 Å². The zero-order valence-corrected chi connectivity index (χ0v) is 16.9. The molecule has 150 valence electrons. The van der Waals surface area contributed by atoms with Crippen LogP contribution in [0.2, 0.25) is 0 Å². The number of hydrogen-bond donors (Lipinski definition) is 2. The molecule has 3 rings (SSSR count).